The molecule has 0 unspecified atom stereocenters. The second-order valence-corrected chi connectivity index (χ2v) is 10.0. The van der Waals surface area contributed by atoms with Crippen LogP contribution in [-0.4, -0.2) is 81.9 Å². The molecule has 2 fully saturated rings. The maximum absolute atomic E-state index is 14.7. The first-order chi connectivity index (χ1) is 17.3. The Bertz CT molecular complexity index is 1020. The first-order valence-corrected chi connectivity index (χ1v) is 12.9. The van der Waals surface area contributed by atoms with Gasteiger partial charge in [-0.25, -0.2) is 18.7 Å². The van der Waals surface area contributed by atoms with Crippen LogP contribution in [0.4, 0.5) is 8.78 Å². The predicted octanol–water partition coefficient (Wildman–Crippen LogP) is 4.11. The molecule has 0 bridgehead atoms. The van der Waals surface area contributed by atoms with Crippen molar-refractivity contribution >= 4 is 5.91 Å². The average molecular weight is 503 g/mol. The third kappa shape index (κ3) is 6.37. The van der Waals surface area contributed by atoms with Crippen LogP contribution in [0.25, 0.3) is 11.4 Å². The molecule has 2 aromatic rings. The van der Waals surface area contributed by atoms with Crippen LogP contribution in [0, 0.1) is 11.7 Å². The van der Waals surface area contributed by atoms with E-state index in [2.05, 4.69) is 14.9 Å². The predicted molar refractivity (Wildman–Crippen MR) is 133 cm³/mol. The second kappa shape index (κ2) is 11.6. The molecular weight excluding hydrogens is 466 g/mol. The first kappa shape index (κ1) is 26.4. The van der Waals surface area contributed by atoms with Gasteiger partial charge in [0.2, 0.25) is 0 Å². The van der Waals surface area contributed by atoms with Crippen LogP contribution >= 0.6 is 0 Å². The molecule has 0 spiro atoms. The number of benzene rings is 1. The minimum absolute atomic E-state index is 0.0274. The number of carbonyl (C=O) groups is 1. The number of ether oxygens (including phenoxy) is 1. The van der Waals surface area contributed by atoms with E-state index in [-0.39, 0.29) is 12.1 Å². The highest BCUT2D eigenvalue weighted by molar-refractivity contribution is 5.95. The van der Waals surface area contributed by atoms with Gasteiger partial charge in [0.15, 0.2) is 11.6 Å². The van der Waals surface area contributed by atoms with Crippen LogP contribution in [0.3, 0.4) is 0 Å². The molecule has 1 aromatic carbocycles. The molecule has 2 aliphatic heterocycles. The maximum Gasteiger partial charge on any atom is 0.256 e. The highest BCUT2D eigenvalue weighted by Crippen LogP contribution is 2.26. The van der Waals surface area contributed by atoms with E-state index in [4.69, 9.17) is 4.74 Å². The molecule has 1 N–H and O–H groups in total. The van der Waals surface area contributed by atoms with Gasteiger partial charge in [-0.05, 0) is 63.2 Å². The monoisotopic (exact) mass is 502 g/mol. The maximum atomic E-state index is 14.7. The smallest absolute Gasteiger partial charge is 0.256 e. The SMILES string of the molecule is CCC(F)(CC)CN1CCC(COc2cnc(-c3ccc(C(=O)N4CC[C@@H](O)C4)c(F)c3)nc2)CC1. The van der Waals surface area contributed by atoms with Crippen LogP contribution in [0.15, 0.2) is 30.6 Å². The van der Waals surface area contributed by atoms with E-state index >= 15 is 0 Å². The minimum Gasteiger partial charge on any atom is -0.490 e. The lowest BCUT2D eigenvalue weighted by molar-refractivity contribution is 0.0568. The van der Waals surface area contributed by atoms with Gasteiger partial charge in [0.1, 0.15) is 11.5 Å². The zero-order valence-electron chi connectivity index (χ0n) is 21.1. The van der Waals surface area contributed by atoms with Crippen molar-refractivity contribution in [2.45, 2.75) is 57.7 Å². The molecule has 0 saturated carbocycles. The Morgan fingerprint density at radius 2 is 1.83 bits per heavy atom. The standard InChI is InChI=1S/C27H36F2N4O3/c1-3-27(29,4-2)18-32-10-7-19(8-11-32)17-36-22-14-30-25(31-15-22)20-5-6-23(24(28)13-20)26(35)33-12-9-21(34)16-33/h5-6,13-15,19,21,34H,3-4,7-12,16-18H2,1-2H3/t21-/m1/s1. The molecule has 1 amide bonds. The summed E-state index contributed by atoms with van der Waals surface area (Å²) in [6, 6.07) is 4.31. The van der Waals surface area contributed by atoms with Gasteiger partial charge in [-0.3, -0.25) is 4.79 Å². The molecule has 1 aromatic heterocycles. The van der Waals surface area contributed by atoms with E-state index < -0.39 is 23.5 Å². The molecule has 4 rings (SSSR count). The lowest BCUT2D eigenvalue weighted by atomic mass is 9.94. The summed E-state index contributed by atoms with van der Waals surface area (Å²) in [6.07, 6.45) is 6.10. The number of halogens is 2. The van der Waals surface area contributed by atoms with Gasteiger partial charge in [-0.2, -0.15) is 0 Å². The van der Waals surface area contributed by atoms with Gasteiger partial charge in [-0.15, -0.1) is 0 Å². The van der Waals surface area contributed by atoms with Crippen LogP contribution in [0.1, 0.15) is 56.3 Å². The van der Waals surface area contributed by atoms with Gasteiger partial charge >= 0.3 is 0 Å². The van der Waals surface area contributed by atoms with E-state index in [1.807, 2.05) is 13.8 Å². The summed E-state index contributed by atoms with van der Waals surface area (Å²) < 4.78 is 35.3. The molecule has 7 nitrogen and oxygen atoms in total. The minimum atomic E-state index is -1.10. The number of aliphatic hydroxyl groups excluding tert-OH is 1. The van der Waals surface area contributed by atoms with E-state index in [0.717, 1.165) is 25.9 Å². The Kier molecular flexibility index (Phi) is 8.51. The number of rotatable bonds is 9. The fourth-order valence-electron chi connectivity index (χ4n) is 4.86. The van der Waals surface area contributed by atoms with Crippen molar-refractivity contribution < 1.29 is 23.4 Å². The molecule has 1 atom stereocenters. The number of hydrogen-bond acceptors (Lipinski definition) is 6. The van der Waals surface area contributed by atoms with Crippen molar-refractivity contribution in [1.82, 2.24) is 19.8 Å². The number of hydrogen-bond donors (Lipinski definition) is 1. The van der Waals surface area contributed by atoms with Crippen LogP contribution in [-0.2, 0) is 0 Å². The Morgan fingerprint density at radius 1 is 1.14 bits per heavy atom. The summed E-state index contributed by atoms with van der Waals surface area (Å²) in [6.45, 7) is 7.25. The quantitative estimate of drug-likeness (QED) is 0.556. The van der Waals surface area contributed by atoms with Gasteiger partial charge in [0, 0.05) is 25.2 Å². The second-order valence-electron chi connectivity index (χ2n) is 10.0. The number of amides is 1. The van der Waals surface area contributed by atoms with Crippen molar-refractivity contribution in [2.75, 3.05) is 39.3 Å². The van der Waals surface area contributed by atoms with Gasteiger partial charge in [-0.1, -0.05) is 19.9 Å². The summed E-state index contributed by atoms with van der Waals surface area (Å²) in [5.74, 6) is 0.212. The highest BCUT2D eigenvalue weighted by atomic mass is 19.1. The van der Waals surface area contributed by atoms with E-state index in [1.54, 1.807) is 18.5 Å². The van der Waals surface area contributed by atoms with Gasteiger partial charge in [0.25, 0.3) is 5.91 Å². The Labute approximate surface area is 211 Å². The third-order valence-electron chi connectivity index (χ3n) is 7.50. The Morgan fingerprint density at radius 3 is 2.42 bits per heavy atom. The fourth-order valence-corrected chi connectivity index (χ4v) is 4.86. The Hall–Kier alpha value is -2.65. The number of aromatic nitrogens is 2. The van der Waals surface area contributed by atoms with Crippen LogP contribution in [0.2, 0.25) is 0 Å². The lowest BCUT2D eigenvalue weighted by Gasteiger charge is -2.36. The van der Waals surface area contributed by atoms with Crippen molar-refractivity contribution in [3.63, 3.8) is 0 Å². The number of piperidine rings is 1. The van der Waals surface area contributed by atoms with Crippen LogP contribution in [0.5, 0.6) is 5.75 Å². The highest BCUT2D eigenvalue weighted by Gasteiger charge is 2.30. The molecule has 36 heavy (non-hydrogen) atoms. The average Bonchev–Trinajstić information content (AvgIpc) is 3.34. The fraction of sp³-hybridized carbons (Fsp3) is 0.593. The zero-order valence-corrected chi connectivity index (χ0v) is 21.1. The first-order valence-electron chi connectivity index (χ1n) is 12.9. The summed E-state index contributed by atoms with van der Waals surface area (Å²) >= 11 is 0. The molecule has 0 aliphatic carbocycles. The van der Waals surface area contributed by atoms with E-state index in [0.29, 0.717) is 62.0 Å². The summed E-state index contributed by atoms with van der Waals surface area (Å²) in [4.78, 5) is 24.8. The van der Waals surface area contributed by atoms with Crippen molar-refractivity contribution in [3.05, 3.63) is 42.0 Å². The molecule has 196 valence electrons. The van der Waals surface area contributed by atoms with Crippen LogP contribution < -0.4 is 4.74 Å². The molecular formula is C27H36F2N4O3. The zero-order chi connectivity index (χ0) is 25.7. The topological polar surface area (TPSA) is 78.8 Å². The molecule has 0 radical (unpaired) electrons. The number of aliphatic hydroxyl groups is 1. The van der Waals surface area contributed by atoms with E-state index in [1.165, 1.54) is 17.0 Å². The Balaban J connectivity index is 1.27. The van der Waals surface area contributed by atoms with Gasteiger partial charge < -0.3 is 19.6 Å². The normalized spacial score (nSPS) is 19.6. The van der Waals surface area contributed by atoms with Gasteiger partial charge in [0.05, 0.1) is 30.7 Å². The summed E-state index contributed by atoms with van der Waals surface area (Å²) in [5.41, 5.74) is -0.661. The number of carbonyl (C=O) groups excluding carboxylic acids is 1. The molecule has 2 aliphatic rings. The third-order valence-corrected chi connectivity index (χ3v) is 7.50. The number of β-amino-alcohol motifs (C(OH)–C–C–N with tert-alkyl or cyclic N) is 1. The number of alkyl halides is 1. The number of likely N-dealkylation sites (tertiary alicyclic amines) is 2. The summed E-state index contributed by atoms with van der Waals surface area (Å²) in [7, 11) is 0. The number of nitrogens with zero attached hydrogens (tertiary/aromatic N) is 4. The van der Waals surface area contributed by atoms with Crippen molar-refractivity contribution in [1.29, 1.82) is 0 Å². The van der Waals surface area contributed by atoms with Crippen molar-refractivity contribution in [2.24, 2.45) is 5.92 Å². The lowest BCUT2D eigenvalue weighted by Crippen LogP contribution is -2.44. The largest absolute Gasteiger partial charge is 0.490 e. The van der Waals surface area contributed by atoms with E-state index in [9.17, 15) is 18.7 Å². The molecule has 3 heterocycles. The summed E-state index contributed by atoms with van der Waals surface area (Å²) in [5, 5.41) is 9.63. The van der Waals surface area contributed by atoms with Crippen molar-refractivity contribution in [3.8, 4) is 17.1 Å². The molecule has 9 heteroatoms. The molecule has 2 saturated heterocycles.